The summed E-state index contributed by atoms with van der Waals surface area (Å²) in [5.74, 6) is 1.31. The van der Waals surface area contributed by atoms with Crippen LogP contribution in [0.2, 0.25) is 0 Å². The minimum absolute atomic E-state index is 0.633. The van der Waals surface area contributed by atoms with Gasteiger partial charge in [0.2, 0.25) is 0 Å². The second-order valence-electron chi connectivity index (χ2n) is 5.08. The molecule has 1 aliphatic rings. The molecule has 0 aromatic carbocycles. The molecule has 17 heavy (non-hydrogen) atoms. The number of aryl methyl sites for hydroxylation is 2. The lowest BCUT2D eigenvalue weighted by Gasteiger charge is -2.35. The molecule has 0 amide bonds. The SMILES string of the molecule is CNCc1c(C)nn(C)c1N1CCCCC1C. The van der Waals surface area contributed by atoms with E-state index < -0.39 is 0 Å². The third-order valence-corrected chi connectivity index (χ3v) is 3.74. The van der Waals surface area contributed by atoms with Crippen molar-refractivity contribution >= 4 is 5.82 Å². The number of hydrogen-bond acceptors (Lipinski definition) is 3. The van der Waals surface area contributed by atoms with Gasteiger partial charge in [0.15, 0.2) is 0 Å². The number of nitrogens with one attached hydrogen (secondary N) is 1. The van der Waals surface area contributed by atoms with E-state index in [1.54, 1.807) is 0 Å². The summed E-state index contributed by atoms with van der Waals surface area (Å²) in [6, 6.07) is 0.633. The van der Waals surface area contributed by atoms with Crippen LogP contribution in [0.15, 0.2) is 0 Å². The van der Waals surface area contributed by atoms with E-state index in [9.17, 15) is 0 Å². The van der Waals surface area contributed by atoms with Crippen LogP contribution in [-0.4, -0.2) is 29.4 Å². The van der Waals surface area contributed by atoms with Gasteiger partial charge >= 0.3 is 0 Å². The zero-order valence-corrected chi connectivity index (χ0v) is 11.5. The van der Waals surface area contributed by atoms with Crippen molar-refractivity contribution in [2.75, 3.05) is 18.5 Å². The average Bonchev–Trinajstić information content (AvgIpc) is 2.56. The highest BCUT2D eigenvalue weighted by atomic mass is 15.4. The molecule has 1 fully saturated rings. The van der Waals surface area contributed by atoms with Crippen LogP contribution in [0.25, 0.3) is 0 Å². The second-order valence-corrected chi connectivity index (χ2v) is 5.08. The van der Waals surface area contributed by atoms with Gasteiger partial charge in [-0.3, -0.25) is 4.68 Å². The van der Waals surface area contributed by atoms with Crippen molar-refractivity contribution in [3.05, 3.63) is 11.3 Å². The minimum Gasteiger partial charge on any atom is -0.354 e. The standard InChI is InChI=1S/C13H24N4/c1-10-7-5-6-8-17(10)13-12(9-14-3)11(2)15-16(13)4/h10,14H,5-9H2,1-4H3. The van der Waals surface area contributed by atoms with E-state index in [2.05, 4.69) is 36.2 Å². The predicted octanol–water partition coefficient (Wildman–Crippen LogP) is 1.83. The number of hydrogen-bond donors (Lipinski definition) is 1. The zero-order valence-electron chi connectivity index (χ0n) is 11.5. The third-order valence-electron chi connectivity index (χ3n) is 3.74. The Labute approximate surface area is 104 Å². The largest absolute Gasteiger partial charge is 0.354 e. The highest BCUT2D eigenvalue weighted by Crippen LogP contribution is 2.29. The molecule has 0 radical (unpaired) electrons. The topological polar surface area (TPSA) is 33.1 Å². The average molecular weight is 236 g/mol. The van der Waals surface area contributed by atoms with Gasteiger partial charge in [-0.15, -0.1) is 0 Å². The first-order valence-electron chi connectivity index (χ1n) is 6.59. The van der Waals surface area contributed by atoms with Crippen molar-refractivity contribution in [3.63, 3.8) is 0 Å². The van der Waals surface area contributed by atoms with Gasteiger partial charge in [-0.1, -0.05) is 0 Å². The summed E-state index contributed by atoms with van der Waals surface area (Å²) in [5.41, 5.74) is 2.50. The third kappa shape index (κ3) is 2.32. The van der Waals surface area contributed by atoms with E-state index in [1.807, 2.05) is 11.7 Å². The van der Waals surface area contributed by atoms with Crippen LogP contribution in [0.3, 0.4) is 0 Å². The quantitative estimate of drug-likeness (QED) is 0.869. The fourth-order valence-electron chi connectivity index (χ4n) is 2.85. The van der Waals surface area contributed by atoms with Crippen LogP contribution < -0.4 is 10.2 Å². The molecule has 0 spiro atoms. The highest BCUT2D eigenvalue weighted by Gasteiger charge is 2.24. The molecule has 1 N–H and O–H groups in total. The molecule has 1 unspecified atom stereocenters. The van der Waals surface area contributed by atoms with Crippen LogP contribution in [0.4, 0.5) is 5.82 Å². The molecule has 2 rings (SSSR count). The highest BCUT2D eigenvalue weighted by molar-refractivity contribution is 5.51. The van der Waals surface area contributed by atoms with Crippen molar-refractivity contribution in [2.24, 2.45) is 7.05 Å². The van der Waals surface area contributed by atoms with Gasteiger partial charge in [0.25, 0.3) is 0 Å². The van der Waals surface area contributed by atoms with Crippen LogP contribution >= 0.6 is 0 Å². The Balaban J connectivity index is 2.35. The smallest absolute Gasteiger partial charge is 0.131 e. The Morgan fingerprint density at radius 3 is 2.82 bits per heavy atom. The first kappa shape index (κ1) is 12.4. The zero-order chi connectivity index (χ0) is 12.4. The Kier molecular flexibility index (Phi) is 3.72. The molecule has 4 nitrogen and oxygen atoms in total. The molecular formula is C13H24N4. The van der Waals surface area contributed by atoms with Gasteiger partial charge in [0, 0.05) is 31.7 Å². The van der Waals surface area contributed by atoms with E-state index in [0.29, 0.717) is 6.04 Å². The minimum atomic E-state index is 0.633. The molecule has 0 saturated carbocycles. The van der Waals surface area contributed by atoms with Gasteiger partial charge in [-0.25, -0.2) is 0 Å². The number of nitrogens with zero attached hydrogens (tertiary/aromatic N) is 3. The maximum atomic E-state index is 4.57. The summed E-state index contributed by atoms with van der Waals surface area (Å²) in [6.07, 6.45) is 3.95. The van der Waals surface area contributed by atoms with Crippen molar-refractivity contribution in [2.45, 2.75) is 45.7 Å². The van der Waals surface area contributed by atoms with E-state index in [4.69, 9.17) is 0 Å². The van der Waals surface area contributed by atoms with Crippen LogP contribution in [0, 0.1) is 6.92 Å². The molecule has 0 aliphatic carbocycles. The molecule has 1 aromatic heterocycles. The van der Waals surface area contributed by atoms with Crippen molar-refractivity contribution in [1.29, 1.82) is 0 Å². The van der Waals surface area contributed by atoms with E-state index in [1.165, 1.54) is 30.6 Å². The van der Waals surface area contributed by atoms with Gasteiger partial charge < -0.3 is 10.2 Å². The van der Waals surface area contributed by atoms with Crippen LogP contribution in [-0.2, 0) is 13.6 Å². The van der Waals surface area contributed by atoms with Gasteiger partial charge in [-0.2, -0.15) is 5.10 Å². The lowest BCUT2D eigenvalue weighted by Crippen LogP contribution is -2.39. The number of rotatable bonds is 3. The van der Waals surface area contributed by atoms with Gasteiger partial charge in [0.1, 0.15) is 5.82 Å². The number of aromatic nitrogens is 2. The molecule has 96 valence electrons. The van der Waals surface area contributed by atoms with E-state index in [-0.39, 0.29) is 0 Å². The second kappa shape index (κ2) is 5.08. The summed E-state index contributed by atoms with van der Waals surface area (Å²) in [7, 11) is 4.05. The Bertz CT molecular complexity index is 383. The lowest BCUT2D eigenvalue weighted by molar-refractivity contribution is 0.472. The summed E-state index contributed by atoms with van der Waals surface area (Å²) in [4.78, 5) is 2.52. The molecule has 4 heteroatoms. The van der Waals surface area contributed by atoms with E-state index in [0.717, 1.165) is 18.8 Å². The lowest BCUT2D eigenvalue weighted by atomic mass is 10.0. The summed E-state index contributed by atoms with van der Waals surface area (Å²) in [6.45, 7) is 6.49. The Hall–Kier alpha value is -1.03. The van der Waals surface area contributed by atoms with Crippen LogP contribution in [0.5, 0.6) is 0 Å². The first-order valence-corrected chi connectivity index (χ1v) is 6.59. The number of anilines is 1. The normalized spacial score (nSPS) is 20.9. The first-order chi connectivity index (χ1) is 8.15. The molecule has 1 saturated heterocycles. The maximum Gasteiger partial charge on any atom is 0.131 e. The van der Waals surface area contributed by atoms with Crippen molar-refractivity contribution in [3.8, 4) is 0 Å². The molecular weight excluding hydrogens is 212 g/mol. The summed E-state index contributed by atoms with van der Waals surface area (Å²) < 4.78 is 2.05. The van der Waals surface area contributed by atoms with Crippen LogP contribution in [0.1, 0.15) is 37.4 Å². The number of piperidine rings is 1. The molecule has 0 bridgehead atoms. The van der Waals surface area contributed by atoms with Crippen molar-refractivity contribution in [1.82, 2.24) is 15.1 Å². The van der Waals surface area contributed by atoms with Gasteiger partial charge in [0.05, 0.1) is 5.69 Å². The van der Waals surface area contributed by atoms with Gasteiger partial charge in [-0.05, 0) is 40.2 Å². The molecule has 1 aliphatic heterocycles. The Morgan fingerprint density at radius 1 is 1.41 bits per heavy atom. The Morgan fingerprint density at radius 2 is 2.18 bits per heavy atom. The predicted molar refractivity (Wildman–Crippen MR) is 71.4 cm³/mol. The summed E-state index contributed by atoms with van der Waals surface area (Å²) in [5, 5.41) is 7.83. The van der Waals surface area contributed by atoms with Crippen molar-refractivity contribution < 1.29 is 0 Å². The molecule has 2 heterocycles. The summed E-state index contributed by atoms with van der Waals surface area (Å²) >= 11 is 0. The monoisotopic (exact) mass is 236 g/mol. The maximum absolute atomic E-state index is 4.57. The fraction of sp³-hybridized carbons (Fsp3) is 0.769. The van der Waals surface area contributed by atoms with E-state index >= 15 is 0 Å². The molecule has 1 aromatic rings. The fourth-order valence-corrected chi connectivity index (χ4v) is 2.85. The molecule has 1 atom stereocenters.